The first-order valence-corrected chi connectivity index (χ1v) is 17.3. The summed E-state index contributed by atoms with van der Waals surface area (Å²) in [6, 6.07) is 0. The number of carboxylic acid groups (broad SMARTS) is 15. The van der Waals surface area contributed by atoms with E-state index in [1.165, 1.54) is 0 Å². The molecule has 0 aliphatic rings. The van der Waals surface area contributed by atoms with Crippen LogP contribution in [-0.2, 0) is 14.0 Å². The first kappa shape index (κ1) is 55.5. The maximum Gasteiger partial charge on any atom is 0.870 e. The van der Waals surface area contributed by atoms with Crippen molar-refractivity contribution in [3.8, 4) is 0 Å². The highest BCUT2D eigenvalue weighted by Gasteiger charge is 2.49. The Bertz CT molecular complexity index is 2770. The predicted molar refractivity (Wildman–Crippen MR) is 206 cm³/mol. The predicted octanol–water partition coefficient (Wildman–Crippen LogP) is -0.985. The molecule has 0 aliphatic heterocycles. The third-order valence-corrected chi connectivity index (χ3v) is 8.93. The number of aromatic carboxylic acids is 15. The summed E-state index contributed by atoms with van der Waals surface area (Å²) >= 11 is 0. The Labute approximate surface area is 391 Å². The summed E-state index contributed by atoms with van der Waals surface area (Å²) in [5.41, 5.74) is -43.3. The van der Waals surface area contributed by atoms with Gasteiger partial charge in [0.05, 0.1) is 100 Å². The van der Waals surface area contributed by atoms with E-state index >= 15 is 0 Å². The first-order chi connectivity index (χ1) is 33.5. The van der Waals surface area contributed by atoms with E-state index in [9.17, 15) is 163 Å². The van der Waals surface area contributed by atoms with Gasteiger partial charge in [0.15, 0.2) is 0 Å². The van der Waals surface area contributed by atoms with Crippen molar-refractivity contribution in [1.82, 2.24) is 0 Å². The molecule has 3 aromatic carbocycles. The molecule has 0 saturated carbocycles. The second-order valence-corrected chi connectivity index (χ2v) is 12.8. The van der Waals surface area contributed by atoms with Crippen molar-refractivity contribution < 1.29 is 177 Å². The van der Waals surface area contributed by atoms with E-state index in [0.29, 0.717) is 0 Å². The van der Waals surface area contributed by atoms with Gasteiger partial charge in [-0.05, 0) is 0 Å². The molecular weight excluding hydrogens is 1020 g/mol. The van der Waals surface area contributed by atoms with Crippen LogP contribution in [0.4, 0.5) is 0 Å². The molecule has 0 radical (unpaired) electrons. The van der Waals surface area contributed by atoms with Crippen molar-refractivity contribution in [2.24, 2.45) is 0 Å². The molecule has 3 rings (SSSR count). The van der Waals surface area contributed by atoms with Crippen LogP contribution in [0.2, 0.25) is 0 Å². The van der Waals surface area contributed by atoms with E-state index in [2.05, 4.69) is 14.0 Å². The molecule has 3 aromatic rings. The van der Waals surface area contributed by atoms with Gasteiger partial charge in [-0.2, -0.15) is 0 Å². The van der Waals surface area contributed by atoms with Crippen molar-refractivity contribution in [3.63, 3.8) is 0 Å². The fourth-order valence-corrected chi connectivity index (χ4v) is 6.58. The largest absolute Gasteiger partial charge is 0.870 e. The molecule has 0 unspecified atom stereocenters. The highest BCUT2D eigenvalue weighted by Crippen LogP contribution is 2.35. The van der Waals surface area contributed by atoms with Gasteiger partial charge in [0.25, 0.3) is 0 Å². The Kier molecular flexibility index (Phi) is 15.4. The van der Waals surface area contributed by atoms with Crippen LogP contribution in [0.15, 0.2) is 0 Å². The Morgan fingerprint density at radius 1 is 0.178 bits per heavy atom. The van der Waals surface area contributed by atoms with Gasteiger partial charge in [0, 0.05) is 0 Å². The summed E-state index contributed by atoms with van der Waals surface area (Å²) in [5, 5.41) is 148. The number of carboxylic acids is 15. The Balaban J connectivity index is 2.80. The Hall–Kier alpha value is -11.8. The second kappa shape index (κ2) is 20.2. The maximum atomic E-state index is 14.0. The quantitative estimate of drug-likeness (QED) is 0.0570. The first-order valence-electron chi connectivity index (χ1n) is 17.3. The molecule has 0 heterocycles. The van der Waals surface area contributed by atoms with Crippen molar-refractivity contribution in [1.29, 1.82) is 0 Å². The lowest BCUT2D eigenvalue weighted by Gasteiger charge is -2.21. The smallest absolute Gasteiger partial charge is 0.478 e. The molecule has 0 bridgehead atoms. The minimum Gasteiger partial charge on any atom is -0.478 e. The number of hydrogen-bond acceptors (Lipinski definition) is 21. The fourth-order valence-electron chi connectivity index (χ4n) is 6.58. The molecule has 0 amide bonds. The Morgan fingerprint density at radius 2 is 0.260 bits per heavy atom. The SMILES string of the molecule is O=C(O)c1c(C(=O)O)c(C(=O)O)c(C(=O)OB(OC(=O)c2c(C(=O)O)c(C(=O)O)c(C(=O)O)c(C(=O)O)c2C(=O)O)OC(=O)c2c(C(=O)O)c(C(=O)O)c(C(=O)O)c(C(=O)O)c2C(=O)O)c(C(=O)O)c1C(=O)O. The van der Waals surface area contributed by atoms with E-state index in [4.69, 9.17) is 0 Å². The normalized spacial score (nSPS) is 10.4. The number of benzene rings is 3. The van der Waals surface area contributed by atoms with Crippen molar-refractivity contribution in [3.05, 3.63) is 100 Å². The fraction of sp³-hybridized carbons (Fsp3) is 0. The molecule has 0 atom stereocenters. The lowest BCUT2D eigenvalue weighted by molar-refractivity contribution is 0.0380. The average molecular weight is 1030 g/mol. The van der Waals surface area contributed by atoms with Gasteiger partial charge in [-0.3, -0.25) is 0 Å². The summed E-state index contributed by atoms with van der Waals surface area (Å²) in [6.07, 6.45) is 0. The van der Waals surface area contributed by atoms with E-state index in [1.807, 2.05) is 0 Å². The molecular formula is C36H15BO36. The number of carbonyl (C=O) groups excluding carboxylic acids is 3. The summed E-state index contributed by atoms with van der Waals surface area (Å²) in [5.74, 6) is -52.6. The monoisotopic (exact) mass is 1030 g/mol. The zero-order valence-electron chi connectivity index (χ0n) is 33.9. The molecule has 37 heteroatoms. The van der Waals surface area contributed by atoms with Gasteiger partial charge in [0.1, 0.15) is 0 Å². The van der Waals surface area contributed by atoms with Gasteiger partial charge in [-0.15, -0.1) is 0 Å². The van der Waals surface area contributed by atoms with E-state index in [-0.39, 0.29) is 0 Å². The standard InChI is InChI=1S/C36H15BO36/c38-19(39)1-4(22(44)45)10(28(56)57)16(11(29(58)59)5(1)23(46)47)34(68)71-37(72-35(69)17-12(30(60)61)6(24(48)49)2(20(40)41)7(25(50)51)13(17)31(62)63)73-36(70)18-14(32(64)65)8(26(52)53)3(21(42)43)9(27(54)55)15(18)33(66)67/h(H,38,39)(H,40,41)(H,42,43)(H,44,45)(H,46,47)(H,48,49)(H,50,51)(H,52,53)(H,54,55)(H,56,57)(H,58,59)(H,60,61)(H,62,63)(H,64,65)(H,66,67). The van der Waals surface area contributed by atoms with E-state index in [0.717, 1.165) is 0 Å². The van der Waals surface area contributed by atoms with Crippen molar-refractivity contribution in [2.45, 2.75) is 0 Å². The topological polar surface area (TPSA) is 638 Å². The molecule has 15 N–H and O–H groups in total. The summed E-state index contributed by atoms with van der Waals surface area (Å²) in [4.78, 5) is 227. The molecule has 0 fully saturated rings. The van der Waals surface area contributed by atoms with Gasteiger partial charge in [0.2, 0.25) is 0 Å². The Morgan fingerprint density at radius 3 is 0.342 bits per heavy atom. The molecule has 0 spiro atoms. The average Bonchev–Trinajstić information content (AvgIpc) is 3.24. The van der Waals surface area contributed by atoms with Crippen molar-refractivity contribution in [2.75, 3.05) is 0 Å². The van der Waals surface area contributed by atoms with Crippen LogP contribution in [-0.4, -0.2) is 191 Å². The summed E-state index contributed by atoms with van der Waals surface area (Å²) in [7, 11) is -4.41. The molecule has 36 nitrogen and oxygen atoms in total. The lowest BCUT2D eigenvalue weighted by atomic mass is 9.85. The molecule has 0 aromatic heterocycles. The number of hydrogen-bond donors (Lipinski definition) is 15. The maximum absolute atomic E-state index is 14.0. The van der Waals surface area contributed by atoms with Crippen LogP contribution < -0.4 is 0 Å². The second-order valence-electron chi connectivity index (χ2n) is 12.8. The van der Waals surface area contributed by atoms with E-state index < -0.39 is 215 Å². The zero-order valence-corrected chi connectivity index (χ0v) is 33.9. The van der Waals surface area contributed by atoms with Crippen LogP contribution in [0, 0.1) is 0 Å². The minimum absolute atomic E-state index is 2.26. The third-order valence-electron chi connectivity index (χ3n) is 8.93. The van der Waals surface area contributed by atoms with E-state index in [1.54, 1.807) is 0 Å². The highest BCUT2D eigenvalue weighted by atomic mass is 16.8. The van der Waals surface area contributed by atoms with Crippen molar-refractivity contribution >= 4 is 115 Å². The van der Waals surface area contributed by atoms with Crippen LogP contribution in [0.25, 0.3) is 0 Å². The molecule has 0 aliphatic carbocycles. The summed E-state index contributed by atoms with van der Waals surface area (Å²) < 4.78 is 13.1. The van der Waals surface area contributed by atoms with Crippen LogP contribution in [0.5, 0.6) is 0 Å². The molecule has 0 saturated heterocycles. The third kappa shape index (κ3) is 9.80. The highest BCUT2D eigenvalue weighted by molar-refractivity contribution is 6.47. The minimum atomic E-state index is -4.41. The zero-order chi connectivity index (χ0) is 56.5. The summed E-state index contributed by atoms with van der Waals surface area (Å²) in [6.45, 7) is 0. The van der Waals surface area contributed by atoms with Crippen LogP contribution >= 0.6 is 0 Å². The number of rotatable bonds is 21. The van der Waals surface area contributed by atoms with Gasteiger partial charge in [-0.25, -0.2) is 86.3 Å². The molecule has 378 valence electrons. The number of carbonyl (C=O) groups is 18. The lowest BCUT2D eigenvalue weighted by Crippen LogP contribution is -2.39. The van der Waals surface area contributed by atoms with Gasteiger partial charge >= 0.3 is 115 Å². The van der Waals surface area contributed by atoms with Gasteiger partial charge < -0.3 is 90.6 Å². The van der Waals surface area contributed by atoms with Gasteiger partial charge in [-0.1, -0.05) is 0 Å². The molecule has 73 heavy (non-hydrogen) atoms. The van der Waals surface area contributed by atoms with Crippen LogP contribution in [0.3, 0.4) is 0 Å². The van der Waals surface area contributed by atoms with Crippen LogP contribution in [0.1, 0.15) is 186 Å².